The van der Waals surface area contributed by atoms with Gasteiger partial charge in [0.15, 0.2) is 5.82 Å². The first-order chi connectivity index (χ1) is 21.7. The zero-order chi connectivity index (χ0) is 32.1. The number of nitrogens with zero attached hydrogens (tertiary/aromatic N) is 2. The van der Waals surface area contributed by atoms with E-state index >= 15 is 0 Å². The molecule has 1 fully saturated rings. The number of methoxy groups -OCH3 is 1. The summed E-state index contributed by atoms with van der Waals surface area (Å²) < 4.78 is 44.8. The number of hydrogen-bond donors (Lipinski definition) is 2. The Hall–Kier alpha value is -4.29. The van der Waals surface area contributed by atoms with Gasteiger partial charge in [0.05, 0.1) is 34.6 Å². The van der Waals surface area contributed by atoms with Crippen molar-refractivity contribution in [1.29, 1.82) is 0 Å². The molecule has 5 rings (SSSR count). The van der Waals surface area contributed by atoms with Crippen LogP contribution in [0.3, 0.4) is 0 Å². The number of amides is 3. The first kappa shape index (κ1) is 32.1. The first-order valence-electron chi connectivity index (χ1n) is 14.6. The van der Waals surface area contributed by atoms with Crippen molar-refractivity contribution >= 4 is 41.1 Å². The van der Waals surface area contributed by atoms with Crippen molar-refractivity contribution in [3.8, 4) is 11.3 Å². The molecular formula is C32H33ClF2N4O6. The van der Waals surface area contributed by atoms with E-state index in [1.165, 1.54) is 7.11 Å². The van der Waals surface area contributed by atoms with Crippen molar-refractivity contribution in [3.63, 3.8) is 0 Å². The van der Waals surface area contributed by atoms with E-state index in [9.17, 15) is 23.2 Å². The Labute approximate surface area is 264 Å². The van der Waals surface area contributed by atoms with Gasteiger partial charge in [-0.2, -0.15) is 0 Å². The molecule has 0 spiro atoms. The molecule has 238 valence electrons. The lowest BCUT2D eigenvalue weighted by Gasteiger charge is -2.38. The maximum absolute atomic E-state index is 14.7. The van der Waals surface area contributed by atoms with Crippen molar-refractivity contribution in [1.82, 2.24) is 9.88 Å². The van der Waals surface area contributed by atoms with E-state index in [0.717, 1.165) is 17.7 Å². The maximum Gasteiger partial charge on any atom is 0.411 e. The van der Waals surface area contributed by atoms with Crippen LogP contribution in [0.5, 0.6) is 0 Å². The number of ether oxygens (including phenoxy) is 3. The molecule has 2 bridgehead atoms. The lowest BCUT2D eigenvalue weighted by atomic mass is 9.93. The molecule has 45 heavy (non-hydrogen) atoms. The van der Waals surface area contributed by atoms with Gasteiger partial charge in [-0.15, -0.1) is 0 Å². The SMILES string of the molecule is COCCOC(=O)Nc1ccc2c(c1)NC(=O)C(C)CCCC(N1CC[C@H](c3c(F)ccc(Cl)c3F)OC1=O)c1ccnc-2c1. The van der Waals surface area contributed by atoms with E-state index in [2.05, 4.69) is 15.6 Å². The minimum absolute atomic E-state index is 0.0823. The predicted molar refractivity (Wildman–Crippen MR) is 163 cm³/mol. The second kappa shape index (κ2) is 14.2. The summed E-state index contributed by atoms with van der Waals surface area (Å²) in [4.78, 5) is 44.9. The van der Waals surface area contributed by atoms with Gasteiger partial charge >= 0.3 is 12.2 Å². The molecule has 10 nitrogen and oxygen atoms in total. The zero-order valence-corrected chi connectivity index (χ0v) is 25.5. The predicted octanol–water partition coefficient (Wildman–Crippen LogP) is 7.26. The van der Waals surface area contributed by atoms with Gasteiger partial charge in [0.1, 0.15) is 18.5 Å². The molecule has 2 aromatic carbocycles. The molecule has 1 aromatic heterocycles. The van der Waals surface area contributed by atoms with Gasteiger partial charge in [0.25, 0.3) is 0 Å². The molecule has 0 saturated carbocycles. The van der Waals surface area contributed by atoms with Crippen LogP contribution in [0.1, 0.15) is 55.9 Å². The van der Waals surface area contributed by atoms with E-state index in [-0.39, 0.29) is 48.6 Å². The Morgan fingerprint density at radius 3 is 2.73 bits per heavy atom. The number of halogens is 3. The van der Waals surface area contributed by atoms with Crippen LogP contribution in [0.2, 0.25) is 5.02 Å². The lowest BCUT2D eigenvalue weighted by molar-refractivity contribution is -0.119. The molecule has 1 saturated heterocycles. The van der Waals surface area contributed by atoms with E-state index < -0.39 is 36.0 Å². The van der Waals surface area contributed by atoms with Crippen LogP contribution in [0.4, 0.5) is 29.7 Å². The molecular weight excluding hydrogens is 610 g/mol. The molecule has 0 aliphatic carbocycles. The van der Waals surface area contributed by atoms with Gasteiger partial charge in [0, 0.05) is 43.4 Å². The fourth-order valence-corrected chi connectivity index (χ4v) is 5.71. The summed E-state index contributed by atoms with van der Waals surface area (Å²) >= 11 is 5.87. The Morgan fingerprint density at radius 1 is 1.13 bits per heavy atom. The smallest absolute Gasteiger partial charge is 0.411 e. The fraction of sp³-hybridized carbons (Fsp3) is 0.375. The molecule has 3 amide bonds. The van der Waals surface area contributed by atoms with Crippen LogP contribution in [0.25, 0.3) is 11.3 Å². The number of carbonyl (C=O) groups excluding carboxylic acids is 3. The summed E-state index contributed by atoms with van der Waals surface area (Å²) in [6.45, 7) is 2.33. The second-order valence-corrected chi connectivity index (χ2v) is 11.3. The molecule has 2 aliphatic rings. The third kappa shape index (κ3) is 7.34. The maximum atomic E-state index is 14.7. The summed E-state index contributed by atoms with van der Waals surface area (Å²) in [6.07, 6.45) is 0.918. The van der Waals surface area contributed by atoms with Gasteiger partial charge in [-0.1, -0.05) is 24.9 Å². The van der Waals surface area contributed by atoms with Crippen LogP contribution in [-0.2, 0) is 19.0 Å². The number of nitrogens with one attached hydrogen (secondary N) is 2. The highest BCUT2D eigenvalue weighted by atomic mass is 35.5. The zero-order valence-electron chi connectivity index (χ0n) is 24.8. The molecule has 0 radical (unpaired) electrons. The van der Waals surface area contributed by atoms with E-state index in [0.29, 0.717) is 41.9 Å². The highest BCUT2D eigenvalue weighted by molar-refractivity contribution is 6.30. The minimum Gasteiger partial charge on any atom is -0.447 e. The second-order valence-electron chi connectivity index (χ2n) is 10.9. The van der Waals surface area contributed by atoms with Crippen LogP contribution < -0.4 is 10.6 Å². The van der Waals surface area contributed by atoms with Crippen molar-refractivity contribution in [2.24, 2.45) is 5.92 Å². The summed E-state index contributed by atoms with van der Waals surface area (Å²) in [5.74, 6) is -2.36. The molecule has 13 heteroatoms. The average molecular weight is 643 g/mol. The number of hydrogen-bond acceptors (Lipinski definition) is 7. The number of pyridine rings is 1. The largest absolute Gasteiger partial charge is 0.447 e. The summed E-state index contributed by atoms with van der Waals surface area (Å²) in [7, 11) is 1.50. The van der Waals surface area contributed by atoms with Crippen molar-refractivity contribution in [2.75, 3.05) is 37.5 Å². The minimum atomic E-state index is -1.12. The Morgan fingerprint density at radius 2 is 1.96 bits per heavy atom. The van der Waals surface area contributed by atoms with Crippen molar-refractivity contribution < 1.29 is 37.4 Å². The third-order valence-corrected chi connectivity index (χ3v) is 8.23. The average Bonchev–Trinajstić information content (AvgIpc) is 3.01. The van der Waals surface area contributed by atoms with E-state index in [1.807, 2.05) is 19.1 Å². The van der Waals surface area contributed by atoms with E-state index in [1.54, 1.807) is 29.3 Å². The molecule has 3 atom stereocenters. The molecule has 2 unspecified atom stereocenters. The summed E-state index contributed by atoms with van der Waals surface area (Å²) in [5.41, 5.74) is 2.39. The Balaban J connectivity index is 1.44. The van der Waals surface area contributed by atoms with Gasteiger partial charge in [-0.05, 0) is 60.9 Å². The highest BCUT2D eigenvalue weighted by Gasteiger charge is 2.36. The molecule has 3 aromatic rings. The monoisotopic (exact) mass is 642 g/mol. The Kier molecular flexibility index (Phi) is 10.1. The lowest BCUT2D eigenvalue weighted by Crippen LogP contribution is -2.42. The number of cyclic esters (lactones) is 1. The Bertz CT molecular complexity index is 1590. The van der Waals surface area contributed by atoms with Crippen molar-refractivity contribution in [3.05, 3.63) is 76.4 Å². The number of benzene rings is 2. The number of fused-ring (bicyclic) bond motifs is 4. The molecule has 3 heterocycles. The number of aromatic nitrogens is 1. The van der Waals surface area contributed by atoms with Gasteiger partial charge in [-0.3, -0.25) is 15.1 Å². The van der Waals surface area contributed by atoms with E-state index in [4.69, 9.17) is 25.8 Å². The van der Waals surface area contributed by atoms with Crippen LogP contribution in [0.15, 0.2) is 48.7 Å². The fourth-order valence-electron chi connectivity index (χ4n) is 5.55. The van der Waals surface area contributed by atoms with Crippen LogP contribution >= 0.6 is 11.6 Å². The van der Waals surface area contributed by atoms with Crippen LogP contribution in [0, 0.1) is 17.6 Å². The summed E-state index contributed by atoms with van der Waals surface area (Å²) in [6, 6.07) is 10.4. The normalized spacial score (nSPS) is 20.2. The standard InChI is InChI=1S/C32H33ClF2N4O6/c1-18-4-3-5-26(39-13-11-27(45-32(39)42)28-23(34)9-8-22(33)29(28)35)19-10-12-36-24(16-19)21-7-6-20(17-25(21)38-30(18)40)37-31(41)44-15-14-43-2/h6-10,12,16-18,26-27H,3-5,11,13-15H2,1-2H3,(H,37,41)(H,38,40)/t18?,26?,27-/m1/s1. The first-order valence-corrected chi connectivity index (χ1v) is 15.0. The number of rotatable bonds is 6. The number of carbonyl (C=O) groups is 3. The quantitative estimate of drug-likeness (QED) is 0.215. The van der Waals surface area contributed by atoms with Crippen LogP contribution in [-0.4, -0.2) is 54.8 Å². The summed E-state index contributed by atoms with van der Waals surface area (Å²) in [5, 5.41) is 5.37. The molecule has 2 aliphatic heterocycles. The topological polar surface area (TPSA) is 119 Å². The third-order valence-electron chi connectivity index (χ3n) is 7.94. The van der Waals surface area contributed by atoms with Crippen molar-refractivity contribution in [2.45, 2.75) is 44.8 Å². The van der Waals surface area contributed by atoms with Gasteiger partial charge < -0.3 is 24.4 Å². The van der Waals surface area contributed by atoms with Gasteiger partial charge in [-0.25, -0.2) is 18.4 Å². The number of anilines is 2. The molecule has 2 N–H and O–H groups in total. The highest BCUT2D eigenvalue weighted by Crippen LogP contribution is 2.39. The van der Waals surface area contributed by atoms with Gasteiger partial charge in [0.2, 0.25) is 5.91 Å².